The minimum absolute atomic E-state index is 0.0466. The van der Waals surface area contributed by atoms with Gasteiger partial charge in [0.05, 0.1) is 15.1 Å². The number of pyridine rings is 1. The van der Waals surface area contributed by atoms with Gasteiger partial charge < -0.3 is 10.6 Å². The smallest absolute Gasteiger partial charge is 0.270 e. The van der Waals surface area contributed by atoms with Gasteiger partial charge in [0.15, 0.2) is 5.13 Å². The van der Waals surface area contributed by atoms with Crippen LogP contribution in [-0.4, -0.2) is 20.8 Å². The molecule has 2 aromatic heterocycles. The average Bonchev–Trinajstić information content (AvgIpc) is 3.15. The van der Waals surface area contributed by atoms with E-state index in [1.807, 2.05) is 24.3 Å². The summed E-state index contributed by atoms with van der Waals surface area (Å²) in [5, 5.41) is 17.7. The Bertz CT molecular complexity index is 1190. The van der Waals surface area contributed by atoms with Crippen LogP contribution >= 0.6 is 11.3 Å². The second kappa shape index (κ2) is 8.03. The van der Waals surface area contributed by atoms with Crippen molar-refractivity contribution in [3.05, 3.63) is 88.2 Å². The average molecular weight is 405 g/mol. The van der Waals surface area contributed by atoms with Gasteiger partial charge in [-0.3, -0.25) is 19.9 Å². The Kier molecular flexibility index (Phi) is 5.12. The maximum Gasteiger partial charge on any atom is 0.270 e. The van der Waals surface area contributed by atoms with Crippen LogP contribution in [0, 0.1) is 10.1 Å². The number of thiazole rings is 1. The fourth-order valence-electron chi connectivity index (χ4n) is 2.75. The van der Waals surface area contributed by atoms with Crippen molar-refractivity contribution >= 4 is 44.0 Å². The minimum atomic E-state index is -0.419. The highest BCUT2D eigenvalue weighted by Crippen LogP contribution is 2.29. The van der Waals surface area contributed by atoms with Crippen LogP contribution in [0.15, 0.2) is 67.0 Å². The first-order chi connectivity index (χ1) is 14.1. The largest absolute Gasteiger partial charge is 0.357 e. The first-order valence-electron chi connectivity index (χ1n) is 8.68. The van der Waals surface area contributed by atoms with Gasteiger partial charge in [-0.05, 0) is 35.9 Å². The van der Waals surface area contributed by atoms with Crippen molar-refractivity contribution in [1.29, 1.82) is 0 Å². The highest BCUT2D eigenvalue weighted by Gasteiger charge is 2.10. The van der Waals surface area contributed by atoms with Crippen LogP contribution in [0.1, 0.15) is 15.9 Å². The number of nitrogens with zero attached hydrogens (tertiary/aromatic N) is 3. The van der Waals surface area contributed by atoms with Crippen LogP contribution in [0.4, 0.5) is 16.5 Å². The lowest BCUT2D eigenvalue weighted by molar-refractivity contribution is -0.384. The Morgan fingerprint density at radius 1 is 1.10 bits per heavy atom. The quantitative estimate of drug-likeness (QED) is 0.362. The van der Waals surface area contributed by atoms with E-state index in [0.717, 1.165) is 10.3 Å². The molecule has 0 aliphatic heterocycles. The number of nitro groups is 1. The van der Waals surface area contributed by atoms with Gasteiger partial charge >= 0.3 is 0 Å². The molecule has 8 nitrogen and oxygen atoms in total. The molecule has 9 heteroatoms. The Morgan fingerprint density at radius 2 is 1.93 bits per heavy atom. The van der Waals surface area contributed by atoms with E-state index in [4.69, 9.17) is 0 Å². The summed E-state index contributed by atoms with van der Waals surface area (Å²) in [5.41, 5.74) is 2.94. The lowest BCUT2D eigenvalue weighted by atomic mass is 10.2. The van der Waals surface area contributed by atoms with Crippen molar-refractivity contribution in [2.45, 2.75) is 6.54 Å². The van der Waals surface area contributed by atoms with Crippen molar-refractivity contribution < 1.29 is 9.72 Å². The first-order valence-corrected chi connectivity index (χ1v) is 9.49. The molecule has 2 aromatic carbocycles. The predicted molar refractivity (Wildman–Crippen MR) is 112 cm³/mol. The van der Waals surface area contributed by atoms with E-state index < -0.39 is 4.92 Å². The maximum absolute atomic E-state index is 12.3. The summed E-state index contributed by atoms with van der Waals surface area (Å²) in [6.07, 6.45) is 3.14. The van der Waals surface area contributed by atoms with Gasteiger partial charge in [0, 0.05) is 42.3 Å². The van der Waals surface area contributed by atoms with E-state index in [9.17, 15) is 14.9 Å². The SMILES string of the molecule is O=C(Nc1cccc(CNc2nc3ccc([N+](=O)[O-])cc3s2)c1)c1ccncc1. The molecule has 1 amide bonds. The van der Waals surface area contributed by atoms with Gasteiger partial charge in [-0.15, -0.1) is 0 Å². The molecule has 144 valence electrons. The van der Waals surface area contributed by atoms with E-state index in [2.05, 4.69) is 20.6 Å². The number of nitrogens with one attached hydrogen (secondary N) is 2. The van der Waals surface area contributed by atoms with Crippen molar-refractivity contribution in [2.75, 3.05) is 10.6 Å². The fraction of sp³-hybridized carbons (Fsp3) is 0.0500. The number of amides is 1. The van der Waals surface area contributed by atoms with Crippen LogP contribution in [0.3, 0.4) is 0 Å². The summed E-state index contributed by atoms with van der Waals surface area (Å²) in [7, 11) is 0. The third-order valence-electron chi connectivity index (χ3n) is 4.15. The van der Waals surface area contributed by atoms with E-state index in [1.54, 1.807) is 30.6 Å². The van der Waals surface area contributed by atoms with E-state index >= 15 is 0 Å². The van der Waals surface area contributed by atoms with Crippen LogP contribution in [0.25, 0.3) is 10.2 Å². The Balaban J connectivity index is 1.44. The Morgan fingerprint density at radius 3 is 2.72 bits per heavy atom. The van der Waals surface area contributed by atoms with Crippen LogP contribution < -0.4 is 10.6 Å². The minimum Gasteiger partial charge on any atom is -0.357 e. The number of anilines is 2. The molecule has 2 heterocycles. The topological polar surface area (TPSA) is 110 Å². The number of aromatic nitrogens is 2. The molecule has 0 bridgehead atoms. The van der Waals surface area contributed by atoms with Gasteiger partial charge in [0.2, 0.25) is 0 Å². The molecular formula is C20H15N5O3S. The zero-order valence-corrected chi connectivity index (χ0v) is 15.8. The maximum atomic E-state index is 12.3. The van der Waals surface area contributed by atoms with Crippen molar-refractivity contribution in [3.63, 3.8) is 0 Å². The number of benzene rings is 2. The lowest BCUT2D eigenvalue weighted by Gasteiger charge is -2.08. The second-order valence-electron chi connectivity index (χ2n) is 6.17. The van der Waals surface area contributed by atoms with E-state index in [-0.39, 0.29) is 11.6 Å². The van der Waals surface area contributed by atoms with Crippen molar-refractivity contribution in [1.82, 2.24) is 9.97 Å². The highest BCUT2D eigenvalue weighted by atomic mass is 32.1. The number of hydrogen-bond donors (Lipinski definition) is 2. The first kappa shape index (κ1) is 18.5. The molecule has 0 spiro atoms. The number of fused-ring (bicyclic) bond motifs is 1. The van der Waals surface area contributed by atoms with Crippen LogP contribution in [0.2, 0.25) is 0 Å². The fourth-order valence-corrected chi connectivity index (χ4v) is 3.64. The number of non-ortho nitro benzene ring substituents is 1. The summed E-state index contributed by atoms with van der Waals surface area (Å²) in [4.78, 5) is 31.1. The van der Waals surface area contributed by atoms with E-state index in [0.29, 0.717) is 28.4 Å². The van der Waals surface area contributed by atoms with Gasteiger partial charge in [0.1, 0.15) is 0 Å². The zero-order valence-electron chi connectivity index (χ0n) is 15.0. The summed E-state index contributed by atoms with van der Waals surface area (Å²) in [5.74, 6) is -0.203. The summed E-state index contributed by atoms with van der Waals surface area (Å²) in [6.45, 7) is 0.501. The number of hydrogen-bond acceptors (Lipinski definition) is 7. The number of rotatable bonds is 6. The van der Waals surface area contributed by atoms with Gasteiger partial charge in [-0.1, -0.05) is 23.5 Å². The Hall–Kier alpha value is -3.85. The molecular weight excluding hydrogens is 390 g/mol. The molecule has 0 radical (unpaired) electrons. The number of carbonyl (C=O) groups excluding carboxylic acids is 1. The molecule has 0 saturated carbocycles. The summed E-state index contributed by atoms with van der Waals surface area (Å²) in [6, 6.07) is 15.4. The third kappa shape index (κ3) is 4.36. The molecule has 0 aliphatic carbocycles. The van der Waals surface area contributed by atoms with Crippen molar-refractivity contribution in [3.8, 4) is 0 Å². The van der Waals surface area contributed by atoms with Gasteiger partial charge in [-0.25, -0.2) is 4.98 Å². The zero-order chi connectivity index (χ0) is 20.2. The molecule has 0 aliphatic rings. The summed E-state index contributed by atoms with van der Waals surface area (Å²) >= 11 is 1.36. The molecule has 0 fully saturated rings. The summed E-state index contributed by atoms with van der Waals surface area (Å²) < 4.78 is 0.750. The normalized spacial score (nSPS) is 10.6. The number of nitro benzene ring substituents is 1. The molecule has 4 aromatic rings. The number of carbonyl (C=O) groups is 1. The van der Waals surface area contributed by atoms with Crippen LogP contribution in [-0.2, 0) is 6.54 Å². The highest BCUT2D eigenvalue weighted by molar-refractivity contribution is 7.22. The van der Waals surface area contributed by atoms with Gasteiger partial charge in [0.25, 0.3) is 11.6 Å². The molecule has 0 unspecified atom stereocenters. The van der Waals surface area contributed by atoms with Crippen molar-refractivity contribution in [2.24, 2.45) is 0 Å². The Labute approximate surface area is 169 Å². The van der Waals surface area contributed by atoms with Gasteiger partial charge in [-0.2, -0.15) is 0 Å². The lowest BCUT2D eigenvalue weighted by Crippen LogP contribution is -2.12. The molecule has 2 N–H and O–H groups in total. The van der Waals surface area contributed by atoms with E-state index in [1.165, 1.54) is 23.5 Å². The standard InChI is InChI=1S/C20H15N5O3S/c26-19(14-6-8-21-9-7-14)23-15-3-1-2-13(10-15)12-22-20-24-17-5-4-16(25(27)28)11-18(17)29-20/h1-11H,12H2,(H,22,24)(H,23,26). The molecule has 29 heavy (non-hydrogen) atoms. The third-order valence-corrected chi connectivity index (χ3v) is 5.13. The molecule has 0 saturated heterocycles. The monoisotopic (exact) mass is 405 g/mol. The molecule has 4 rings (SSSR count). The van der Waals surface area contributed by atoms with Crippen LogP contribution in [0.5, 0.6) is 0 Å². The predicted octanol–water partition coefficient (Wildman–Crippen LogP) is 4.46. The molecule has 0 atom stereocenters. The second-order valence-corrected chi connectivity index (χ2v) is 7.20.